The van der Waals surface area contributed by atoms with E-state index in [4.69, 9.17) is 11.6 Å². The third-order valence-electron chi connectivity index (χ3n) is 4.02. The monoisotopic (exact) mass is 255 g/mol. The third kappa shape index (κ3) is 2.36. The second kappa shape index (κ2) is 4.99. The topological polar surface area (TPSA) is 29.9 Å². The second-order valence-corrected chi connectivity index (χ2v) is 5.40. The number of nitrogens with one attached hydrogen (secondary N) is 1. The summed E-state index contributed by atoms with van der Waals surface area (Å²) in [6.45, 7) is 5.48. The van der Waals surface area contributed by atoms with Gasteiger partial charge in [0.1, 0.15) is 0 Å². The normalized spacial score (nSPS) is 24.5. The highest BCUT2D eigenvalue weighted by Crippen LogP contribution is 2.31. The molecule has 2 heterocycles. The van der Waals surface area contributed by atoms with Crippen molar-refractivity contribution in [3.05, 3.63) is 16.4 Å². The van der Waals surface area contributed by atoms with Crippen LogP contribution in [0.15, 0.2) is 0 Å². The second-order valence-electron chi connectivity index (χ2n) is 5.03. The van der Waals surface area contributed by atoms with Crippen molar-refractivity contribution >= 4 is 11.6 Å². The third-order valence-corrected chi connectivity index (χ3v) is 4.45. The summed E-state index contributed by atoms with van der Waals surface area (Å²) in [6.07, 6.45) is 5.55. The summed E-state index contributed by atoms with van der Waals surface area (Å²) in [5, 5.41) is 9.02. The highest BCUT2D eigenvalue weighted by atomic mass is 35.5. The Kier molecular flexibility index (Phi) is 3.79. The highest BCUT2D eigenvalue weighted by molar-refractivity contribution is 6.31. The summed E-state index contributed by atoms with van der Waals surface area (Å²) in [5.41, 5.74) is 2.44. The quantitative estimate of drug-likeness (QED) is 0.897. The summed E-state index contributed by atoms with van der Waals surface area (Å²) in [6, 6.07) is 0. The van der Waals surface area contributed by atoms with E-state index in [2.05, 4.69) is 24.3 Å². The Hall–Kier alpha value is -0.540. The Labute approximate surface area is 109 Å². The first-order valence-electron chi connectivity index (χ1n) is 6.57. The van der Waals surface area contributed by atoms with Crippen LogP contribution >= 0.6 is 11.6 Å². The van der Waals surface area contributed by atoms with Crippen molar-refractivity contribution in [3.63, 3.8) is 0 Å². The molecule has 1 aliphatic rings. The molecule has 0 aliphatic carbocycles. The van der Waals surface area contributed by atoms with E-state index in [1.165, 1.54) is 18.5 Å². The summed E-state index contributed by atoms with van der Waals surface area (Å²) in [4.78, 5) is 0. The van der Waals surface area contributed by atoms with Crippen molar-refractivity contribution in [1.29, 1.82) is 0 Å². The van der Waals surface area contributed by atoms with E-state index in [1.807, 2.05) is 11.7 Å². The van der Waals surface area contributed by atoms with Gasteiger partial charge < -0.3 is 5.32 Å². The van der Waals surface area contributed by atoms with E-state index in [-0.39, 0.29) is 5.54 Å². The molecule has 1 fully saturated rings. The zero-order valence-corrected chi connectivity index (χ0v) is 11.8. The van der Waals surface area contributed by atoms with E-state index in [0.717, 1.165) is 36.5 Å². The Morgan fingerprint density at radius 2 is 2.24 bits per heavy atom. The molecular formula is C13H22ClN3. The first-order chi connectivity index (χ1) is 8.12. The molecule has 0 amide bonds. The van der Waals surface area contributed by atoms with Gasteiger partial charge in [-0.25, -0.2) is 0 Å². The maximum Gasteiger partial charge on any atom is 0.0850 e. The van der Waals surface area contributed by atoms with Crippen molar-refractivity contribution in [2.24, 2.45) is 7.05 Å². The number of rotatable bonds is 4. The molecule has 0 saturated carbocycles. The Balaban J connectivity index is 2.25. The molecule has 1 aromatic rings. The van der Waals surface area contributed by atoms with Crippen molar-refractivity contribution in [3.8, 4) is 0 Å². The van der Waals surface area contributed by atoms with Crippen LogP contribution in [0.25, 0.3) is 0 Å². The van der Waals surface area contributed by atoms with Crippen molar-refractivity contribution in [2.45, 2.75) is 51.5 Å². The van der Waals surface area contributed by atoms with E-state index >= 15 is 0 Å². The molecule has 0 aromatic carbocycles. The van der Waals surface area contributed by atoms with Crippen LogP contribution in [-0.4, -0.2) is 21.9 Å². The predicted molar refractivity (Wildman–Crippen MR) is 71.6 cm³/mol. The fourth-order valence-electron chi connectivity index (χ4n) is 2.78. The van der Waals surface area contributed by atoms with Crippen LogP contribution in [0.3, 0.4) is 0 Å². The SMILES string of the molecule is CCc1nn(C)c(CC2(CC)CCCN2)c1Cl. The molecule has 17 heavy (non-hydrogen) atoms. The molecule has 1 aromatic heterocycles. The van der Waals surface area contributed by atoms with Gasteiger partial charge in [0.05, 0.1) is 16.4 Å². The smallest absolute Gasteiger partial charge is 0.0850 e. The number of hydrogen-bond acceptors (Lipinski definition) is 2. The molecule has 0 radical (unpaired) electrons. The molecule has 96 valence electrons. The van der Waals surface area contributed by atoms with E-state index < -0.39 is 0 Å². The van der Waals surface area contributed by atoms with E-state index in [0.29, 0.717) is 0 Å². The fraction of sp³-hybridized carbons (Fsp3) is 0.769. The van der Waals surface area contributed by atoms with Gasteiger partial charge in [0.25, 0.3) is 0 Å². The zero-order valence-electron chi connectivity index (χ0n) is 11.0. The Morgan fingerprint density at radius 1 is 1.47 bits per heavy atom. The van der Waals surface area contributed by atoms with Gasteiger partial charge in [-0.15, -0.1) is 0 Å². The molecule has 1 unspecified atom stereocenters. The molecule has 3 nitrogen and oxygen atoms in total. The molecule has 4 heteroatoms. The summed E-state index contributed by atoms with van der Waals surface area (Å²) in [5.74, 6) is 0. The standard InChI is InChI=1S/C13H22ClN3/c1-4-10-12(14)11(17(3)16-10)9-13(5-2)7-6-8-15-13/h15H,4-9H2,1-3H3. The lowest BCUT2D eigenvalue weighted by Gasteiger charge is -2.28. The number of nitrogens with zero attached hydrogens (tertiary/aromatic N) is 2. The van der Waals surface area contributed by atoms with Crippen LogP contribution in [-0.2, 0) is 19.9 Å². The maximum atomic E-state index is 6.42. The summed E-state index contributed by atoms with van der Waals surface area (Å²) >= 11 is 6.42. The zero-order chi connectivity index (χ0) is 12.5. The minimum absolute atomic E-state index is 0.239. The van der Waals surface area contributed by atoms with E-state index in [9.17, 15) is 0 Å². The van der Waals surface area contributed by atoms with Gasteiger partial charge in [-0.05, 0) is 32.2 Å². The van der Waals surface area contributed by atoms with Crippen LogP contribution in [0.5, 0.6) is 0 Å². The number of halogens is 1. The number of aromatic nitrogens is 2. The van der Waals surface area contributed by atoms with Crippen molar-refractivity contribution in [1.82, 2.24) is 15.1 Å². The molecule has 1 N–H and O–H groups in total. The van der Waals surface area contributed by atoms with Gasteiger partial charge in [0.2, 0.25) is 0 Å². The van der Waals surface area contributed by atoms with Gasteiger partial charge in [-0.1, -0.05) is 25.4 Å². The fourth-order valence-corrected chi connectivity index (χ4v) is 3.14. The van der Waals surface area contributed by atoms with Crippen LogP contribution in [0, 0.1) is 0 Å². The Bertz CT molecular complexity index is 392. The minimum atomic E-state index is 0.239. The summed E-state index contributed by atoms with van der Waals surface area (Å²) < 4.78 is 1.96. The maximum absolute atomic E-state index is 6.42. The lowest BCUT2D eigenvalue weighted by Crippen LogP contribution is -2.41. The first kappa shape index (κ1) is 12.9. The van der Waals surface area contributed by atoms with Crippen LogP contribution in [0.4, 0.5) is 0 Å². The molecule has 2 rings (SSSR count). The lowest BCUT2D eigenvalue weighted by molar-refractivity contribution is 0.351. The lowest BCUT2D eigenvalue weighted by atomic mass is 9.88. The molecule has 0 spiro atoms. The van der Waals surface area contributed by atoms with Crippen molar-refractivity contribution < 1.29 is 0 Å². The minimum Gasteiger partial charge on any atom is -0.311 e. The molecule has 1 saturated heterocycles. The van der Waals surface area contributed by atoms with Gasteiger partial charge in [-0.3, -0.25) is 4.68 Å². The summed E-state index contributed by atoms with van der Waals surface area (Å²) in [7, 11) is 2.00. The molecule has 1 aliphatic heterocycles. The van der Waals surface area contributed by atoms with Crippen LogP contribution in [0.1, 0.15) is 44.5 Å². The largest absolute Gasteiger partial charge is 0.311 e. The van der Waals surface area contributed by atoms with Gasteiger partial charge in [0.15, 0.2) is 0 Å². The first-order valence-corrected chi connectivity index (χ1v) is 6.95. The van der Waals surface area contributed by atoms with Gasteiger partial charge >= 0.3 is 0 Å². The number of aryl methyl sites for hydroxylation is 2. The van der Waals surface area contributed by atoms with Gasteiger partial charge in [-0.2, -0.15) is 5.10 Å². The van der Waals surface area contributed by atoms with E-state index in [1.54, 1.807) is 0 Å². The van der Waals surface area contributed by atoms with Crippen LogP contribution < -0.4 is 5.32 Å². The predicted octanol–water partition coefficient (Wildman–Crippen LogP) is 2.71. The van der Waals surface area contributed by atoms with Crippen LogP contribution in [0.2, 0.25) is 5.02 Å². The average Bonchev–Trinajstić information content (AvgIpc) is 2.90. The molecular weight excluding hydrogens is 234 g/mol. The molecule has 0 bridgehead atoms. The van der Waals surface area contributed by atoms with Gasteiger partial charge in [0, 0.05) is 19.0 Å². The highest BCUT2D eigenvalue weighted by Gasteiger charge is 2.33. The van der Waals surface area contributed by atoms with Crippen molar-refractivity contribution in [2.75, 3.05) is 6.54 Å². The number of hydrogen-bond donors (Lipinski definition) is 1. The average molecular weight is 256 g/mol. The molecule has 1 atom stereocenters. The Morgan fingerprint density at radius 3 is 2.71 bits per heavy atom.